The molecule has 1 heterocycles. The molecule has 1 amide bonds. The third-order valence-corrected chi connectivity index (χ3v) is 5.53. The quantitative estimate of drug-likeness (QED) is 0.357. The number of hydrogen-bond acceptors (Lipinski definition) is 6. The number of ether oxygens (including phenoxy) is 2. The standard InChI is InChI=1S/C23H22F3N3O3S/c1-14(15-7-5-4-6-8-15)27-21(30)13-33-22-28-17(12-20(29-22)23(24,25)26)16-9-10-18(31-2)19(11-16)32-3/h4-12,14H,13H2,1-3H3,(H,27,30)/t14-/m1/s1. The first kappa shape index (κ1) is 24.4. The molecule has 174 valence electrons. The van der Waals surface area contributed by atoms with Gasteiger partial charge in [-0.3, -0.25) is 4.79 Å². The molecule has 6 nitrogen and oxygen atoms in total. The molecule has 0 aliphatic heterocycles. The van der Waals surface area contributed by atoms with Crippen LogP contribution < -0.4 is 14.8 Å². The van der Waals surface area contributed by atoms with Crippen LogP contribution in [-0.4, -0.2) is 35.8 Å². The molecule has 0 saturated carbocycles. The number of aromatic nitrogens is 2. The predicted molar refractivity (Wildman–Crippen MR) is 119 cm³/mol. The molecule has 0 aliphatic carbocycles. The largest absolute Gasteiger partial charge is 0.493 e. The van der Waals surface area contributed by atoms with E-state index in [1.54, 1.807) is 12.1 Å². The van der Waals surface area contributed by atoms with E-state index < -0.39 is 11.9 Å². The molecule has 0 unspecified atom stereocenters. The Labute approximate surface area is 193 Å². The van der Waals surface area contributed by atoms with Crippen molar-refractivity contribution in [1.82, 2.24) is 15.3 Å². The van der Waals surface area contributed by atoms with Crippen LogP contribution in [-0.2, 0) is 11.0 Å². The first-order chi connectivity index (χ1) is 15.7. The first-order valence-electron chi connectivity index (χ1n) is 9.87. The van der Waals surface area contributed by atoms with Gasteiger partial charge in [-0.15, -0.1) is 0 Å². The minimum Gasteiger partial charge on any atom is -0.493 e. The highest BCUT2D eigenvalue weighted by Gasteiger charge is 2.34. The summed E-state index contributed by atoms with van der Waals surface area (Å²) in [4.78, 5) is 20.2. The molecule has 0 spiro atoms. The number of hydrogen-bond donors (Lipinski definition) is 1. The Hall–Kier alpha value is -3.27. The maximum Gasteiger partial charge on any atom is 0.433 e. The van der Waals surface area contributed by atoms with Gasteiger partial charge >= 0.3 is 6.18 Å². The molecule has 1 atom stereocenters. The SMILES string of the molecule is COc1ccc(-c2cc(C(F)(F)F)nc(SCC(=O)N[C@H](C)c3ccccc3)n2)cc1OC. The molecule has 0 aliphatic rings. The lowest BCUT2D eigenvalue weighted by Crippen LogP contribution is -2.28. The molecule has 1 N–H and O–H groups in total. The van der Waals surface area contributed by atoms with Crippen LogP contribution >= 0.6 is 11.8 Å². The van der Waals surface area contributed by atoms with Crippen LogP contribution in [0, 0.1) is 0 Å². The number of rotatable bonds is 8. The van der Waals surface area contributed by atoms with Crippen LogP contribution in [0.3, 0.4) is 0 Å². The molecule has 0 fully saturated rings. The van der Waals surface area contributed by atoms with E-state index in [2.05, 4.69) is 15.3 Å². The van der Waals surface area contributed by atoms with E-state index in [1.165, 1.54) is 20.3 Å². The third-order valence-electron chi connectivity index (χ3n) is 4.68. The van der Waals surface area contributed by atoms with Crippen LogP contribution in [0.5, 0.6) is 11.5 Å². The van der Waals surface area contributed by atoms with Gasteiger partial charge in [0.2, 0.25) is 5.91 Å². The summed E-state index contributed by atoms with van der Waals surface area (Å²) in [6, 6.07) is 14.7. The van der Waals surface area contributed by atoms with Gasteiger partial charge in [-0.1, -0.05) is 42.1 Å². The summed E-state index contributed by atoms with van der Waals surface area (Å²) in [7, 11) is 2.89. The summed E-state index contributed by atoms with van der Waals surface area (Å²) in [6.45, 7) is 1.83. The van der Waals surface area contributed by atoms with Crippen LogP contribution in [0.1, 0.15) is 24.2 Å². The van der Waals surface area contributed by atoms with E-state index in [0.29, 0.717) is 17.1 Å². The Morgan fingerprint density at radius 1 is 1.03 bits per heavy atom. The number of benzene rings is 2. The Balaban J connectivity index is 1.81. The van der Waals surface area contributed by atoms with Crippen molar-refractivity contribution in [3.63, 3.8) is 0 Å². The summed E-state index contributed by atoms with van der Waals surface area (Å²) in [5, 5.41) is 2.66. The molecule has 3 aromatic rings. The average Bonchev–Trinajstić information content (AvgIpc) is 2.82. The molecule has 0 saturated heterocycles. The number of halogens is 3. The van der Waals surface area contributed by atoms with Crippen LogP contribution in [0.4, 0.5) is 13.2 Å². The molecule has 10 heteroatoms. The number of carbonyl (C=O) groups is 1. The van der Waals surface area contributed by atoms with Gasteiger partial charge in [-0.2, -0.15) is 13.2 Å². The van der Waals surface area contributed by atoms with E-state index in [-0.39, 0.29) is 28.6 Å². The van der Waals surface area contributed by atoms with Crippen molar-refractivity contribution >= 4 is 17.7 Å². The summed E-state index contributed by atoms with van der Waals surface area (Å²) in [5.41, 5.74) is 0.271. The Morgan fingerprint density at radius 2 is 1.73 bits per heavy atom. The van der Waals surface area contributed by atoms with Gasteiger partial charge in [0.1, 0.15) is 5.69 Å². The van der Waals surface area contributed by atoms with Gasteiger partial charge in [0, 0.05) is 5.56 Å². The van der Waals surface area contributed by atoms with Crippen molar-refractivity contribution in [2.75, 3.05) is 20.0 Å². The molecule has 33 heavy (non-hydrogen) atoms. The second-order valence-electron chi connectivity index (χ2n) is 6.98. The fourth-order valence-corrected chi connectivity index (χ4v) is 3.69. The number of alkyl halides is 3. The Bertz CT molecular complexity index is 1110. The van der Waals surface area contributed by atoms with E-state index in [1.807, 2.05) is 37.3 Å². The molecular formula is C23H22F3N3O3S. The average molecular weight is 478 g/mol. The van der Waals surface area contributed by atoms with Crippen molar-refractivity contribution in [3.05, 3.63) is 65.9 Å². The van der Waals surface area contributed by atoms with Crippen LogP contribution in [0.25, 0.3) is 11.3 Å². The highest BCUT2D eigenvalue weighted by molar-refractivity contribution is 7.99. The van der Waals surface area contributed by atoms with E-state index in [4.69, 9.17) is 9.47 Å². The Morgan fingerprint density at radius 3 is 2.36 bits per heavy atom. The van der Waals surface area contributed by atoms with Gasteiger partial charge in [0.05, 0.1) is 31.7 Å². The van der Waals surface area contributed by atoms with Gasteiger partial charge in [0.15, 0.2) is 16.7 Å². The van der Waals surface area contributed by atoms with E-state index >= 15 is 0 Å². The van der Waals surface area contributed by atoms with Crippen molar-refractivity contribution in [2.24, 2.45) is 0 Å². The van der Waals surface area contributed by atoms with Gasteiger partial charge < -0.3 is 14.8 Å². The molecule has 3 rings (SSSR count). The second kappa shape index (κ2) is 10.6. The summed E-state index contributed by atoms with van der Waals surface area (Å²) < 4.78 is 50.8. The summed E-state index contributed by atoms with van der Waals surface area (Å²) in [6.07, 6.45) is -4.67. The van der Waals surface area contributed by atoms with Crippen LogP contribution in [0.15, 0.2) is 59.8 Å². The summed E-state index contributed by atoms with van der Waals surface area (Å²) in [5.74, 6) is 0.310. The maximum absolute atomic E-state index is 13.5. The monoisotopic (exact) mass is 477 g/mol. The molecule has 0 bridgehead atoms. The maximum atomic E-state index is 13.5. The Kier molecular flexibility index (Phi) is 7.80. The topological polar surface area (TPSA) is 73.3 Å². The number of methoxy groups -OCH3 is 2. The zero-order valence-corrected chi connectivity index (χ0v) is 19.0. The molecule has 1 aromatic heterocycles. The molecular weight excluding hydrogens is 455 g/mol. The van der Waals surface area contributed by atoms with Crippen molar-refractivity contribution in [1.29, 1.82) is 0 Å². The van der Waals surface area contributed by atoms with Gasteiger partial charge in [-0.05, 0) is 36.8 Å². The first-order valence-corrected chi connectivity index (χ1v) is 10.9. The number of nitrogens with zero attached hydrogens (tertiary/aromatic N) is 2. The fraction of sp³-hybridized carbons (Fsp3) is 0.261. The molecule has 0 radical (unpaired) electrons. The normalized spacial score (nSPS) is 12.2. The number of thioether (sulfide) groups is 1. The number of carbonyl (C=O) groups excluding carboxylic acids is 1. The highest BCUT2D eigenvalue weighted by atomic mass is 32.2. The molecule has 2 aromatic carbocycles. The van der Waals surface area contributed by atoms with Gasteiger partial charge in [-0.25, -0.2) is 9.97 Å². The lowest BCUT2D eigenvalue weighted by atomic mass is 10.1. The minimum absolute atomic E-state index is 0.0545. The zero-order valence-electron chi connectivity index (χ0n) is 18.1. The van der Waals surface area contributed by atoms with Crippen molar-refractivity contribution in [3.8, 4) is 22.8 Å². The van der Waals surface area contributed by atoms with E-state index in [9.17, 15) is 18.0 Å². The van der Waals surface area contributed by atoms with Gasteiger partial charge in [0.25, 0.3) is 0 Å². The van der Waals surface area contributed by atoms with E-state index in [0.717, 1.165) is 23.4 Å². The lowest BCUT2D eigenvalue weighted by Gasteiger charge is -2.14. The fourth-order valence-electron chi connectivity index (χ4n) is 3.02. The lowest BCUT2D eigenvalue weighted by molar-refractivity contribution is -0.141. The smallest absolute Gasteiger partial charge is 0.433 e. The summed E-state index contributed by atoms with van der Waals surface area (Å²) >= 11 is 0.832. The predicted octanol–water partition coefficient (Wildman–Crippen LogP) is 5.15. The number of amides is 1. The number of nitrogens with one attached hydrogen (secondary N) is 1. The third kappa shape index (κ3) is 6.38. The minimum atomic E-state index is -4.67. The zero-order chi connectivity index (χ0) is 24.0. The second-order valence-corrected chi connectivity index (χ2v) is 7.92. The van der Waals surface area contributed by atoms with Crippen molar-refractivity contribution in [2.45, 2.75) is 24.3 Å². The highest BCUT2D eigenvalue weighted by Crippen LogP contribution is 2.35. The van der Waals surface area contributed by atoms with Crippen molar-refractivity contribution < 1.29 is 27.4 Å². The van der Waals surface area contributed by atoms with Crippen LogP contribution in [0.2, 0.25) is 0 Å².